The molecule has 4 nitrogen and oxygen atoms in total. The van der Waals surface area contributed by atoms with Gasteiger partial charge in [-0.2, -0.15) is 5.10 Å². The number of hydrogen-bond donors (Lipinski definition) is 2. The van der Waals surface area contributed by atoms with Gasteiger partial charge in [-0.3, -0.25) is 5.10 Å². The van der Waals surface area contributed by atoms with Crippen molar-refractivity contribution in [3.8, 4) is 0 Å². The van der Waals surface area contributed by atoms with Crippen LogP contribution in [0.5, 0.6) is 0 Å². The third-order valence-electron chi connectivity index (χ3n) is 2.91. The predicted molar refractivity (Wildman–Crippen MR) is 64.5 cm³/mol. The van der Waals surface area contributed by atoms with Crippen molar-refractivity contribution < 1.29 is 4.74 Å². The summed E-state index contributed by atoms with van der Waals surface area (Å²) in [5, 5.41) is 10.8. The van der Waals surface area contributed by atoms with Gasteiger partial charge < -0.3 is 10.1 Å². The SMILES string of the molecule is CC(C)Nc1n[nH]c2c1C(C)(C)OC2(C)C. The Kier molecular flexibility index (Phi) is 2.31. The average Bonchev–Trinajstić information content (AvgIpc) is 2.51. The largest absolute Gasteiger partial charge is 0.366 e. The van der Waals surface area contributed by atoms with E-state index in [1.807, 2.05) is 0 Å². The Morgan fingerprint density at radius 1 is 1.19 bits per heavy atom. The molecule has 0 bridgehead atoms. The van der Waals surface area contributed by atoms with Gasteiger partial charge in [-0.25, -0.2) is 0 Å². The summed E-state index contributed by atoms with van der Waals surface area (Å²) in [7, 11) is 0. The summed E-state index contributed by atoms with van der Waals surface area (Å²) in [4.78, 5) is 0. The number of H-pyrrole nitrogens is 1. The van der Waals surface area contributed by atoms with E-state index in [1.165, 1.54) is 0 Å². The van der Waals surface area contributed by atoms with Gasteiger partial charge in [0.2, 0.25) is 0 Å². The highest BCUT2D eigenvalue weighted by Crippen LogP contribution is 2.48. The van der Waals surface area contributed by atoms with E-state index in [0.717, 1.165) is 17.1 Å². The van der Waals surface area contributed by atoms with E-state index < -0.39 is 0 Å². The van der Waals surface area contributed by atoms with Crippen molar-refractivity contribution in [3.63, 3.8) is 0 Å². The third-order valence-corrected chi connectivity index (χ3v) is 2.91. The molecule has 0 saturated carbocycles. The van der Waals surface area contributed by atoms with Crippen LogP contribution in [0.3, 0.4) is 0 Å². The number of nitrogens with one attached hydrogen (secondary N) is 2. The molecule has 2 heterocycles. The minimum atomic E-state index is -0.289. The third kappa shape index (κ3) is 1.61. The molecule has 1 aliphatic heterocycles. The first-order valence-corrected chi connectivity index (χ1v) is 5.80. The van der Waals surface area contributed by atoms with Crippen LogP contribution in [-0.2, 0) is 15.9 Å². The number of hydrogen-bond acceptors (Lipinski definition) is 3. The number of rotatable bonds is 2. The van der Waals surface area contributed by atoms with Crippen molar-refractivity contribution in [3.05, 3.63) is 11.3 Å². The summed E-state index contributed by atoms with van der Waals surface area (Å²) >= 11 is 0. The van der Waals surface area contributed by atoms with Crippen LogP contribution in [0.1, 0.15) is 52.8 Å². The first kappa shape index (κ1) is 11.5. The van der Waals surface area contributed by atoms with E-state index in [1.54, 1.807) is 0 Å². The zero-order chi connectivity index (χ0) is 12.1. The topological polar surface area (TPSA) is 49.9 Å². The van der Waals surface area contributed by atoms with Crippen LogP contribution in [0.2, 0.25) is 0 Å². The van der Waals surface area contributed by atoms with E-state index in [2.05, 4.69) is 57.1 Å². The van der Waals surface area contributed by atoms with Crippen molar-refractivity contribution in [2.75, 3.05) is 5.32 Å². The Hall–Kier alpha value is -1.03. The van der Waals surface area contributed by atoms with Gasteiger partial charge in [0.25, 0.3) is 0 Å². The maximum atomic E-state index is 6.06. The quantitative estimate of drug-likeness (QED) is 0.810. The van der Waals surface area contributed by atoms with Crippen LogP contribution in [0.15, 0.2) is 0 Å². The monoisotopic (exact) mass is 223 g/mol. The lowest BCUT2D eigenvalue weighted by molar-refractivity contribution is -0.107. The molecule has 0 saturated heterocycles. The molecule has 2 N–H and O–H groups in total. The van der Waals surface area contributed by atoms with Gasteiger partial charge in [-0.05, 0) is 41.5 Å². The van der Waals surface area contributed by atoms with Crippen molar-refractivity contribution in [1.29, 1.82) is 0 Å². The van der Waals surface area contributed by atoms with Crippen molar-refractivity contribution in [1.82, 2.24) is 10.2 Å². The van der Waals surface area contributed by atoms with Gasteiger partial charge in [0, 0.05) is 6.04 Å². The van der Waals surface area contributed by atoms with Crippen LogP contribution >= 0.6 is 0 Å². The van der Waals surface area contributed by atoms with Gasteiger partial charge in [0.05, 0.1) is 16.9 Å². The lowest BCUT2D eigenvalue weighted by Gasteiger charge is -2.25. The number of anilines is 1. The second kappa shape index (κ2) is 3.23. The summed E-state index contributed by atoms with van der Waals surface area (Å²) in [5.41, 5.74) is 1.66. The van der Waals surface area contributed by atoms with Crippen molar-refractivity contribution >= 4 is 5.82 Å². The Morgan fingerprint density at radius 3 is 2.38 bits per heavy atom. The van der Waals surface area contributed by atoms with Crippen LogP contribution in [0.25, 0.3) is 0 Å². The lowest BCUT2D eigenvalue weighted by Crippen LogP contribution is -2.24. The Morgan fingerprint density at radius 2 is 1.81 bits per heavy atom. The minimum absolute atomic E-state index is 0.289. The average molecular weight is 223 g/mol. The maximum Gasteiger partial charge on any atom is 0.154 e. The predicted octanol–water partition coefficient (Wildman–Crippen LogP) is 2.73. The summed E-state index contributed by atoms with van der Waals surface area (Å²) in [5.74, 6) is 0.917. The molecular weight excluding hydrogens is 202 g/mol. The van der Waals surface area contributed by atoms with E-state index >= 15 is 0 Å². The normalized spacial score (nSPS) is 21.2. The molecule has 0 spiro atoms. The molecule has 0 unspecified atom stereocenters. The molecule has 0 aromatic carbocycles. The van der Waals surface area contributed by atoms with Crippen molar-refractivity contribution in [2.24, 2.45) is 0 Å². The number of fused-ring (bicyclic) bond motifs is 1. The molecule has 16 heavy (non-hydrogen) atoms. The molecule has 0 fully saturated rings. The van der Waals surface area contributed by atoms with Gasteiger partial charge in [-0.1, -0.05) is 0 Å². The Bertz CT molecular complexity index is 404. The fourth-order valence-corrected chi connectivity index (χ4v) is 2.48. The van der Waals surface area contributed by atoms with Crippen LogP contribution in [-0.4, -0.2) is 16.2 Å². The lowest BCUT2D eigenvalue weighted by atomic mass is 9.96. The van der Waals surface area contributed by atoms with E-state index in [0.29, 0.717) is 6.04 Å². The summed E-state index contributed by atoms with van der Waals surface area (Å²) in [6.45, 7) is 12.5. The molecule has 0 atom stereocenters. The fourth-order valence-electron chi connectivity index (χ4n) is 2.48. The summed E-state index contributed by atoms with van der Waals surface area (Å²) in [6.07, 6.45) is 0. The highest BCUT2D eigenvalue weighted by molar-refractivity contribution is 5.53. The summed E-state index contributed by atoms with van der Waals surface area (Å²) in [6, 6.07) is 0.368. The van der Waals surface area contributed by atoms with E-state index in [-0.39, 0.29) is 11.2 Å². The smallest absolute Gasteiger partial charge is 0.154 e. The molecule has 1 aromatic rings. The number of aromatic nitrogens is 2. The van der Waals surface area contributed by atoms with Gasteiger partial charge in [0.1, 0.15) is 5.60 Å². The number of aromatic amines is 1. The zero-order valence-corrected chi connectivity index (χ0v) is 10.9. The molecule has 4 heteroatoms. The van der Waals surface area contributed by atoms with E-state index in [4.69, 9.17) is 4.74 Å². The molecule has 1 aromatic heterocycles. The number of nitrogens with zero attached hydrogens (tertiary/aromatic N) is 1. The molecule has 0 aliphatic carbocycles. The second-order valence-corrected chi connectivity index (χ2v) is 5.74. The second-order valence-electron chi connectivity index (χ2n) is 5.74. The van der Waals surface area contributed by atoms with E-state index in [9.17, 15) is 0 Å². The van der Waals surface area contributed by atoms with Crippen LogP contribution in [0, 0.1) is 0 Å². The molecule has 0 amide bonds. The first-order chi connectivity index (χ1) is 7.24. The van der Waals surface area contributed by atoms with Gasteiger partial charge in [0.15, 0.2) is 5.82 Å². The Labute approximate surface area is 96.8 Å². The highest BCUT2D eigenvalue weighted by Gasteiger charge is 2.47. The van der Waals surface area contributed by atoms with Crippen molar-refractivity contribution in [2.45, 2.75) is 58.8 Å². The molecule has 0 radical (unpaired) electrons. The minimum Gasteiger partial charge on any atom is -0.366 e. The fraction of sp³-hybridized carbons (Fsp3) is 0.750. The van der Waals surface area contributed by atoms with Gasteiger partial charge >= 0.3 is 0 Å². The first-order valence-electron chi connectivity index (χ1n) is 5.80. The molecule has 2 rings (SSSR count). The van der Waals surface area contributed by atoms with Crippen LogP contribution < -0.4 is 5.32 Å². The zero-order valence-electron chi connectivity index (χ0n) is 10.9. The van der Waals surface area contributed by atoms with Gasteiger partial charge in [-0.15, -0.1) is 0 Å². The summed E-state index contributed by atoms with van der Waals surface area (Å²) < 4.78 is 6.06. The Balaban J connectivity index is 2.48. The van der Waals surface area contributed by atoms with Crippen LogP contribution in [0.4, 0.5) is 5.82 Å². The standard InChI is InChI=1S/C12H21N3O/c1-7(2)13-10-8-9(14-15-10)12(5,6)16-11(8,3)4/h7H,1-6H3,(H2,13,14,15). The highest BCUT2D eigenvalue weighted by atomic mass is 16.5. The maximum absolute atomic E-state index is 6.06. The number of ether oxygens (including phenoxy) is 1. The molecule has 90 valence electrons. The molecule has 1 aliphatic rings. The molecular formula is C12H21N3O.